The van der Waals surface area contributed by atoms with E-state index < -0.39 is 5.54 Å². The van der Waals surface area contributed by atoms with Crippen LogP contribution in [0.25, 0.3) is 0 Å². The number of esters is 1. The van der Waals surface area contributed by atoms with E-state index in [1.165, 1.54) is 6.42 Å². The Hall–Kier alpha value is -0.610. The molecule has 0 aromatic carbocycles. The lowest BCUT2D eigenvalue weighted by molar-refractivity contribution is -0.152. The normalized spacial score (nSPS) is 16.0. The summed E-state index contributed by atoms with van der Waals surface area (Å²) in [6.07, 6.45) is 2.88. The smallest absolute Gasteiger partial charge is 0.326 e. The number of carbonyl (C=O) groups is 1. The summed E-state index contributed by atoms with van der Waals surface area (Å²) in [4.78, 5) is 12.2. The van der Waals surface area contributed by atoms with E-state index in [1.807, 2.05) is 34.6 Å². The molecule has 0 amide bonds. The Morgan fingerprint density at radius 3 is 2.29 bits per heavy atom. The van der Waals surface area contributed by atoms with Crippen LogP contribution in [0.5, 0.6) is 0 Å². The molecule has 2 atom stereocenters. The Labute approximate surface area is 131 Å². The van der Waals surface area contributed by atoms with Crippen LogP contribution in [0, 0.1) is 5.92 Å². The predicted molar refractivity (Wildman–Crippen MR) is 87.4 cm³/mol. The minimum Gasteiger partial charge on any atom is -0.465 e. The van der Waals surface area contributed by atoms with Crippen molar-refractivity contribution in [2.75, 3.05) is 13.2 Å². The Kier molecular flexibility index (Phi) is 9.88. The first-order valence-corrected chi connectivity index (χ1v) is 8.27. The molecule has 0 spiro atoms. The van der Waals surface area contributed by atoms with Crippen molar-refractivity contribution in [1.29, 1.82) is 0 Å². The molecule has 0 aliphatic rings. The molecule has 21 heavy (non-hydrogen) atoms. The van der Waals surface area contributed by atoms with Gasteiger partial charge in [-0.15, -0.1) is 0 Å². The number of hydrogen-bond donors (Lipinski definition) is 1. The number of ether oxygens (including phenoxy) is 2. The summed E-state index contributed by atoms with van der Waals surface area (Å²) >= 11 is 0. The summed E-state index contributed by atoms with van der Waals surface area (Å²) in [7, 11) is 0. The molecule has 0 saturated carbocycles. The first-order chi connectivity index (χ1) is 9.71. The minimum atomic E-state index is -0.693. The molecule has 0 aromatic heterocycles. The maximum atomic E-state index is 12.2. The molecule has 4 nitrogen and oxygen atoms in total. The maximum absolute atomic E-state index is 12.2. The summed E-state index contributed by atoms with van der Waals surface area (Å²) in [5, 5.41) is 3.33. The molecule has 126 valence electrons. The molecule has 0 aromatic rings. The fourth-order valence-electron chi connectivity index (χ4n) is 2.54. The molecule has 1 N–H and O–H groups in total. The molecule has 0 aliphatic heterocycles. The van der Waals surface area contributed by atoms with Gasteiger partial charge in [-0.25, -0.2) is 0 Å². The van der Waals surface area contributed by atoms with Gasteiger partial charge in [-0.05, 0) is 53.4 Å². The fourth-order valence-corrected chi connectivity index (χ4v) is 2.54. The third-order valence-corrected chi connectivity index (χ3v) is 3.36. The van der Waals surface area contributed by atoms with E-state index >= 15 is 0 Å². The molecular formula is C17H35NO3. The molecule has 0 heterocycles. The third kappa shape index (κ3) is 9.10. The zero-order chi connectivity index (χ0) is 16.5. The van der Waals surface area contributed by atoms with Gasteiger partial charge in [0.25, 0.3) is 0 Å². The van der Waals surface area contributed by atoms with E-state index in [9.17, 15) is 4.79 Å². The molecule has 4 heteroatoms. The monoisotopic (exact) mass is 301 g/mol. The second-order valence-corrected chi connectivity index (χ2v) is 6.77. The highest BCUT2D eigenvalue weighted by atomic mass is 16.5. The molecule has 0 bridgehead atoms. The van der Waals surface area contributed by atoms with Crippen molar-refractivity contribution in [2.24, 2.45) is 5.92 Å². The van der Waals surface area contributed by atoms with Crippen LogP contribution >= 0.6 is 0 Å². The SMILES string of the molecule is CCOC(=O)C(C)(CC(C)OCCCC(C)C)NC(C)C. The van der Waals surface area contributed by atoms with Crippen LogP contribution in [-0.4, -0.2) is 36.9 Å². The first kappa shape index (κ1) is 20.4. The van der Waals surface area contributed by atoms with E-state index in [2.05, 4.69) is 19.2 Å². The second kappa shape index (κ2) is 10.2. The van der Waals surface area contributed by atoms with Gasteiger partial charge in [-0.2, -0.15) is 0 Å². The summed E-state index contributed by atoms with van der Waals surface area (Å²) < 4.78 is 11.1. The lowest BCUT2D eigenvalue weighted by Gasteiger charge is -2.33. The van der Waals surface area contributed by atoms with Crippen molar-refractivity contribution >= 4 is 5.97 Å². The summed E-state index contributed by atoms with van der Waals surface area (Å²) in [5.41, 5.74) is -0.693. The second-order valence-electron chi connectivity index (χ2n) is 6.77. The largest absolute Gasteiger partial charge is 0.465 e. The van der Waals surface area contributed by atoms with Crippen LogP contribution in [-0.2, 0) is 14.3 Å². The van der Waals surface area contributed by atoms with Gasteiger partial charge < -0.3 is 9.47 Å². The van der Waals surface area contributed by atoms with Crippen LogP contribution < -0.4 is 5.32 Å². The summed E-state index contributed by atoms with van der Waals surface area (Å²) in [6, 6.07) is 0.215. The highest BCUT2D eigenvalue weighted by Crippen LogP contribution is 2.18. The van der Waals surface area contributed by atoms with Crippen LogP contribution in [0.1, 0.15) is 67.7 Å². The van der Waals surface area contributed by atoms with Gasteiger partial charge in [-0.1, -0.05) is 13.8 Å². The lowest BCUT2D eigenvalue weighted by Crippen LogP contribution is -2.54. The number of carbonyl (C=O) groups excluding carboxylic acids is 1. The predicted octanol–water partition coefficient (Wildman–Crippen LogP) is 3.54. The van der Waals surface area contributed by atoms with E-state index in [0.29, 0.717) is 18.9 Å². The van der Waals surface area contributed by atoms with Crippen LogP contribution in [0.3, 0.4) is 0 Å². The van der Waals surface area contributed by atoms with Crippen molar-refractivity contribution in [2.45, 2.75) is 85.4 Å². The minimum absolute atomic E-state index is 0.0258. The lowest BCUT2D eigenvalue weighted by atomic mass is 9.93. The molecule has 2 unspecified atom stereocenters. The van der Waals surface area contributed by atoms with Crippen molar-refractivity contribution in [3.05, 3.63) is 0 Å². The topological polar surface area (TPSA) is 47.6 Å². The Morgan fingerprint density at radius 1 is 1.19 bits per heavy atom. The van der Waals surface area contributed by atoms with E-state index in [4.69, 9.17) is 9.47 Å². The van der Waals surface area contributed by atoms with Gasteiger partial charge in [0.05, 0.1) is 12.7 Å². The van der Waals surface area contributed by atoms with Gasteiger partial charge in [0.15, 0.2) is 0 Å². The summed E-state index contributed by atoms with van der Waals surface area (Å²) in [6.45, 7) is 15.4. The Bertz CT molecular complexity index is 292. The fraction of sp³-hybridized carbons (Fsp3) is 0.941. The van der Waals surface area contributed by atoms with Gasteiger partial charge in [0, 0.05) is 19.1 Å². The van der Waals surface area contributed by atoms with Gasteiger partial charge >= 0.3 is 5.97 Å². The zero-order valence-electron chi connectivity index (χ0n) is 15.0. The Balaban J connectivity index is 4.41. The Morgan fingerprint density at radius 2 is 1.81 bits per heavy atom. The van der Waals surface area contributed by atoms with E-state index in [1.54, 1.807) is 0 Å². The number of rotatable bonds is 11. The number of hydrogen-bond acceptors (Lipinski definition) is 4. The highest BCUT2D eigenvalue weighted by molar-refractivity contribution is 5.80. The molecule has 0 rings (SSSR count). The maximum Gasteiger partial charge on any atom is 0.326 e. The molecule has 0 aliphatic carbocycles. The van der Waals surface area contributed by atoms with Crippen molar-refractivity contribution < 1.29 is 14.3 Å². The third-order valence-electron chi connectivity index (χ3n) is 3.36. The van der Waals surface area contributed by atoms with Crippen LogP contribution in [0.4, 0.5) is 0 Å². The van der Waals surface area contributed by atoms with Crippen LogP contribution in [0.15, 0.2) is 0 Å². The van der Waals surface area contributed by atoms with E-state index in [0.717, 1.165) is 13.0 Å². The standard InChI is InChI=1S/C17H35NO3/c1-8-20-16(19)17(7,18-14(4)5)12-15(6)21-11-9-10-13(2)3/h13-15,18H,8-12H2,1-7H3. The van der Waals surface area contributed by atoms with Crippen molar-refractivity contribution in [3.8, 4) is 0 Å². The zero-order valence-corrected chi connectivity index (χ0v) is 15.0. The van der Waals surface area contributed by atoms with Crippen molar-refractivity contribution in [1.82, 2.24) is 5.32 Å². The van der Waals surface area contributed by atoms with Gasteiger partial charge in [-0.3, -0.25) is 10.1 Å². The average Bonchev–Trinajstić information content (AvgIpc) is 2.33. The highest BCUT2D eigenvalue weighted by Gasteiger charge is 2.36. The molecule has 0 fully saturated rings. The molecule has 0 radical (unpaired) electrons. The van der Waals surface area contributed by atoms with E-state index in [-0.39, 0.29) is 18.1 Å². The quantitative estimate of drug-likeness (QED) is 0.468. The van der Waals surface area contributed by atoms with Gasteiger partial charge in [0.1, 0.15) is 5.54 Å². The number of nitrogens with one attached hydrogen (secondary N) is 1. The van der Waals surface area contributed by atoms with Gasteiger partial charge in [0.2, 0.25) is 0 Å². The first-order valence-electron chi connectivity index (χ1n) is 8.27. The van der Waals surface area contributed by atoms with Crippen molar-refractivity contribution in [3.63, 3.8) is 0 Å². The summed E-state index contributed by atoms with van der Waals surface area (Å²) in [5.74, 6) is 0.507. The average molecular weight is 301 g/mol. The molecule has 0 saturated heterocycles. The molecular weight excluding hydrogens is 266 g/mol. The van der Waals surface area contributed by atoms with Crippen LogP contribution in [0.2, 0.25) is 0 Å².